The van der Waals surface area contributed by atoms with Gasteiger partial charge in [-0.2, -0.15) is 10.2 Å². The number of nitrogens with zero attached hydrogens (tertiary/aromatic N) is 4. The van der Waals surface area contributed by atoms with Crippen LogP contribution in [-0.4, -0.2) is 11.6 Å². The summed E-state index contributed by atoms with van der Waals surface area (Å²) in [4.78, 5) is 26.6. The van der Waals surface area contributed by atoms with Crippen molar-refractivity contribution in [3.05, 3.63) is 111 Å². The minimum absolute atomic E-state index is 0.000853. The number of hydrogen-bond donors (Lipinski definition) is 0. The normalized spacial score (nSPS) is 16.2. The first-order valence-electron chi connectivity index (χ1n) is 17.3. The highest BCUT2D eigenvalue weighted by atomic mass is 35.5. The Morgan fingerprint density at radius 1 is 0.455 bits per heavy atom. The number of rotatable bonds is 5. The van der Waals surface area contributed by atoms with Crippen molar-refractivity contribution in [1.29, 1.82) is 0 Å². The maximum atomic E-state index is 13.3. The standard InChI is InChI=1S/C42H43Cl7N4O2/c1-39(2,3)23-13-20(14-24(37(23)54)40(4,5)6)18-50-52-35-27(43)17-22(29(44)32(35)47)28-30(45)33(48)36(34(49)31(28)46)53-51-19-21-15-25(41(7,8)9)38(55)26(16-21)42(10,11)12/h13-19H,1-12H3. The van der Waals surface area contributed by atoms with Gasteiger partial charge in [0, 0.05) is 33.4 Å². The lowest BCUT2D eigenvalue weighted by molar-refractivity contribution is -0.114. The maximum absolute atomic E-state index is 13.3. The van der Waals surface area contributed by atoms with Gasteiger partial charge in [-0.05, 0) is 63.2 Å². The van der Waals surface area contributed by atoms with E-state index in [4.69, 9.17) is 81.2 Å². The van der Waals surface area contributed by atoms with E-state index in [-0.39, 0.29) is 80.1 Å². The summed E-state index contributed by atoms with van der Waals surface area (Å²) in [6.07, 6.45) is 10.3. The van der Waals surface area contributed by atoms with E-state index in [1.54, 1.807) is 12.2 Å². The fourth-order valence-corrected chi connectivity index (χ4v) is 7.68. The lowest BCUT2D eigenvalue weighted by Crippen LogP contribution is -2.27. The van der Waals surface area contributed by atoms with Gasteiger partial charge in [0.2, 0.25) is 0 Å². The van der Waals surface area contributed by atoms with E-state index < -0.39 is 10.8 Å². The van der Waals surface area contributed by atoms with Gasteiger partial charge in [0.25, 0.3) is 0 Å². The molecule has 6 nitrogen and oxygen atoms in total. The minimum atomic E-state index is -0.396. The number of ketones is 2. The van der Waals surface area contributed by atoms with Gasteiger partial charge >= 0.3 is 0 Å². The molecule has 0 atom stereocenters. The summed E-state index contributed by atoms with van der Waals surface area (Å²) in [7, 11) is 0. The predicted molar refractivity (Wildman–Crippen MR) is 232 cm³/mol. The van der Waals surface area contributed by atoms with Crippen molar-refractivity contribution in [2.45, 2.75) is 83.1 Å². The Kier molecular flexibility index (Phi) is 13.4. The van der Waals surface area contributed by atoms with E-state index >= 15 is 0 Å². The van der Waals surface area contributed by atoms with Crippen LogP contribution in [0.4, 0.5) is 11.4 Å². The van der Waals surface area contributed by atoms with Crippen LogP contribution in [0.3, 0.4) is 0 Å². The fraction of sp³-hybridized carbons (Fsp3) is 0.381. The zero-order valence-electron chi connectivity index (χ0n) is 32.8. The number of carbonyl (C=O) groups excluding carboxylic acids is 2. The molecule has 2 aliphatic rings. The summed E-state index contributed by atoms with van der Waals surface area (Å²) in [6.45, 7) is 23.8. The van der Waals surface area contributed by atoms with Crippen LogP contribution in [0, 0.1) is 21.7 Å². The molecule has 0 fully saturated rings. The Bertz CT molecular complexity index is 2140. The summed E-state index contributed by atoms with van der Waals surface area (Å²) >= 11 is 47.3. The van der Waals surface area contributed by atoms with Crippen molar-refractivity contribution in [3.63, 3.8) is 0 Å². The second kappa shape index (κ2) is 16.4. The average Bonchev–Trinajstić information content (AvgIpc) is 3.04. The SMILES string of the molecule is CC(C)(C)C1=CC(=CN=Nc2c(Cl)cc(-c3c(Cl)c(Cl)c(N=NC=C4C=C(C(C)(C)C)C(=O)C(C(C)(C)C)=C4)c(Cl)c3Cl)c(Cl)c2Cl)C=C(C(C)(C)C)C1=O. The summed E-state index contributed by atoms with van der Waals surface area (Å²) < 4.78 is 0. The van der Waals surface area contributed by atoms with Gasteiger partial charge in [-0.25, -0.2) is 0 Å². The van der Waals surface area contributed by atoms with Crippen LogP contribution in [0.15, 0.2) is 96.7 Å². The second-order valence-corrected chi connectivity index (χ2v) is 20.1. The predicted octanol–water partition coefficient (Wildman–Crippen LogP) is 16.9. The molecule has 0 aliphatic heterocycles. The van der Waals surface area contributed by atoms with Crippen LogP contribution in [-0.2, 0) is 9.59 Å². The Labute approximate surface area is 359 Å². The van der Waals surface area contributed by atoms with Crippen LogP contribution < -0.4 is 0 Å². The third kappa shape index (κ3) is 9.77. The molecule has 2 aromatic carbocycles. The Morgan fingerprint density at radius 2 is 0.764 bits per heavy atom. The van der Waals surface area contributed by atoms with E-state index in [9.17, 15) is 9.59 Å². The molecule has 55 heavy (non-hydrogen) atoms. The van der Waals surface area contributed by atoms with Gasteiger partial charge < -0.3 is 0 Å². The molecule has 0 N–H and O–H groups in total. The summed E-state index contributed by atoms with van der Waals surface area (Å²) in [5.41, 5.74) is 2.98. The molecular weight excluding hydrogens is 841 g/mol. The molecule has 0 aromatic heterocycles. The van der Waals surface area contributed by atoms with Gasteiger partial charge in [0.05, 0.1) is 47.6 Å². The van der Waals surface area contributed by atoms with Gasteiger partial charge in [-0.1, -0.05) is 164 Å². The molecule has 0 radical (unpaired) electrons. The average molecular weight is 884 g/mol. The molecule has 292 valence electrons. The third-order valence-corrected chi connectivity index (χ3v) is 11.7. The first-order valence-corrected chi connectivity index (χ1v) is 20.0. The van der Waals surface area contributed by atoms with E-state index in [2.05, 4.69) is 20.5 Å². The summed E-state index contributed by atoms with van der Waals surface area (Å²) in [5, 5.41) is 17.0. The van der Waals surface area contributed by atoms with Gasteiger partial charge in [-0.15, -0.1) is 10.2 Å². The Hall–Kier alpha value is -2.55. The molecule has 4 rings (SSSR count). The van der Waals surface area contributed by atoms with Gasteiger partial charge in [-0.3, -0.25) is 9.59 Å². The molecule has 0 saturated carbocycles. The zero-order chi connectivity index (χ0) is 41.7. The van der Waals surface area contributed by atoms with Crippen molar-refractivity contribution in [2.24, 2.45) is 42.1 Å². The third-order valence-electron chi connectivity index (χ3n) is 8.83. The largest absolute Gasteiger partial charge is 0.289 e. The van der Waals surface area contributed by atoms with Gasteiger partial charge in [0.15, 0.2) is 11.6 Å². The molecule has 13 heteroatoms. The number of carbonyl (C=O) groups is 2. The number of Topliss-reactive ketones (excluding diaryl/α,β-unsaturated/α-hetero) is 2. The van der Waals surface area contributed by atoms with E-state index in [0.29, 0.717) is 33.4 Å². The topological polar surface area (TPSA) is 83.6 Å². The molecule has 0 amide bonds. The van der Waals surface area contributed by atoms with E-state index in [1.165, 1.54) is 18.5 Å². The first kappa shape index (κ1) is 45.2. The molecule has 2 aromatic rings. The van der Waals surface area contributed by atoms with Crippen LogP contribution in [0.5, 0.6) is 0 Å². The number of hydrogen-bond acceptors (Lipinski definition) is 6. The number of halogens is 7. The van der Waals surface area contributed by atoms with Crippen LogP contribution in [0.1, 0.15) is 83.1 Å². The number of azo groups is 2. The molecular formula is C42H43Cl7N4O2. The van der Waals surface area contributed by atoms with Gasteiger partial charge in [0.1, 0.15) is 11.4 Å². The van der Waals surface area contributed by atoms with Crippen LogP contribution in [0.25, 0.3) is 11.1 Å². The smallest absolute Gasteiger partial charge is 0.186 e. The lowest BCUT2D eigenvalue weighted by atomic mass is 9.72. The van der Waals surface area contributed by atoms with Crippen molar-refractivity contribution in [1.82, 2.24) is 0 Å². The maximum Gasteiger partial charge on any atom is 0.186 e. The number of benzene rings is 2. The summed E-state index contributed by atoms with van der Waals surface area (Å²) in [5.74, 6) is 0.00466. The highest BCUT2D eigenvalue weighted by Crippen LogP contribution is 2.54. The molecule has 0 bridgehead atoms. The quantitative estimate of drug-likeness (QED) is 0.221. The van der Waals surface area contributed by atoms with Crippen molar-refractivity contribution < 1.29 is 9.59 Å². The van der Waals surface area contributed by atoms with Crippen molar-refractivity contribution in [2.75, 3.05) is 0 Å². The Balaban J connectivity index is 1.75. The van der Waals surface area contributed by atoms with Crippen LogP contribution >= 0.6 is 81.2 Å². The highest BCUT2D eigenvalue weighted by Gasteiger charge is 2.35. The minimum Gasteiger partial charge on any atom is -0.289 e. The first-order chi connectivity index (χ1) is 25.1. The molecule has 0 unspecified atom stereocenters. The molecule has 0 saturated heterocycles. The van der Waals surface area contributed by atoms with E-state index in [1.807, 2.05) is 95.2 Å². The number of allylic oxidation sites excluding steroid dienone is 10. The highest BCUT2D eigenvalue weighted by molar-refractivity contribution is 6.54. The fourth-order valence-electron chi connectivity index (χ4n) is 5.79. The molecule has 0 spiro atoms. The molecule has 2 aliphatic carbocycles. The van der Waals surface area contributed by atoms with Crippen molar-refractivity contribution in [3.8, 4) is 11.1 Å². The van der Waals surface area contributed by atoms with E-state index in [0.717, 1.165) is 0 Å². The lowest BCUT2D eigenvalue weighted by Gasteiger charge is -2.31. The monoisotopic (exact) mass is 880 g/mol. The van der Waals surface area contributed by atoms with Crippen molar-refractivity contribution >= 4 is 104 Å². The Morgan fingerprint density at radius 3 is 1.09 bits per heavy atom. The second-order valence-electron chi connectivity index (χ2n) is 17.4. The summed E-state index contributed by atoms with van der Waals surface area (Å²) in [6, 6.07) is 1.49. The van der Waals surface area contributed by atoms with Crippen LogP contribution in [0.2, 0.25) is 35.2 Å². The zero-order valence-corrected chi connectivity index (χ0v) is 38.1. The molecule has 0 heterocycles.